The standard InChI is InChI=1S/C26H22O6/c27-25(19-7-9-21-23(15-19)31-13-1-11-29-21)17-3-5-18(6-4-17)26(28)20-8-10-22-24(16-20)32-14-2-12-30-22/h3-10,15-16H,1-2,11-14H2. The third kappa shape index (κ3) is 4.04. The molecule has 6 nitrogen and oxygen atoms in total. The molecule has 0 aliphatic carbocycles. The van der Waals surface area contributed by atoms with Gasteiger partial charge >= 0.3 is 0 Å². The summed E-state index contributed by atoms with van der Waals surface area (Å²) in [6.45, 7) is 2.31. The largest absolute Gasteiger partial charge is 0.490 e. The van der Waals surface area contributed by atoms with Crippen molar-refractivity contribution in [3.63, 3.8) is 0 Å². The zero-order chi connectivity index (χ0) is 21.9. The molecule has 0 aromatic heterocycles. The van der Waals surface area contributed by atoms with Crippen LogP contribution in [0.15, 0.2) is 60.7 Å². The molecule has 2 aliphatic rings. The number of hydrogen-bond donors (Lipinski definition) is 0. The van der Waals surface area contributed by atoms with Crippen LogP contribution < -0.4 is 18.9 Å². The SMILES string of the molecule is O=C(c1ccc(C(=O)c2ccc3c(c2)OCCCO3)cc1)c1ccc2c(c1)OCCCO2. The van der Waals surface area contributed by atoms with Gasteiger partial charge in [-0.2, -0.15) is 0 Å². The Balaban J connectivity index is 1.35. The molecule has 0 spiro atoms. The fraction of sp³-hybridized carbons (Fsp3) is 0.231. The molecule has 2 heterocycles. The van der Waals surface area contributed by atoms with Gasteiger partial charge in [0, 0.05) is 35.1 Å². The van der Waals surface area contributed by atoms with E-state index in [-0.39, 0.29) is 11.6 Å². The van der Waals surface area contributed by atoms with Crippen molar-refractivity contribution in [3.8, 4) is 23.0 Å². The van der Waals surface area contributed by atoms with Crippen LogP contribution in [0.1, 0.15) is 44.7 Å². The first kappa shape index (κ1) is 20.1. The Kier molecular flexibility index (Phi) is 5.50. The van der Waals surface area contributed by atoms with Gasteiger partial charge in [0.25, 0.3) is 0 Å². The lowest BCUT2D eigenvalue weighted by Gasteiger charge is -2.10. The number of fused-ring (bicyclic) bond motifs is 2. The summed E-state index contributed by atoms with van der Waals surface area (Å²) in [5, 5.41) is 0. The molecule has 0 N–H and O–H groups in total. The molecule has 0 unspecified atom stereocenters. The molecule has 6 heteroatoms. The number of rotatable bonds is 4. The van der Waals surface area contributed by atoms with Gasteiger partial charge in [-0.15, -0.1) is 0 Å². The first-order valence-electron chi connectivity index (χ1n) is 10.7. The average molecular weight is 430 g/mol. The van der Waals surface area contributed by atoms with Crippen LogP contribution in [0.2, 0.25) is 0 Å². The quantitative estimate of drug-likeness (QED) is 0.569. The molecular weight excluding hydrogens is 408 g/mol. The number of ketones is 2. The molecular formula is C26H22O6. The second-order valence-electron chi connectivity index (χ2n) is 7.66. The van der Waals surface area contributed by atoms with E-state index in [1.54, 1.807) is 60.7 Å². The summed E-state index contributed by atoms with van der Waals surface area (Å²) in [4.78, 5) is 25.9. The average Bonchev–Trinajstić information content (AvgIpc) is 3.22. The van der Waals surface area contributed by atoms with E-state index in [1.165, 1.54) is 0 Å². The summed E-state index contributed by atoms with van der Waals surface area (Å²) in [5.74, 6) is 2.17. The minimum atomic E-state index is -0.143. The van der Waals surface area contributed by atoms with Crippen LogP contribution in [-0.2, 0) is 0 Å². The van der Waals surface area contributed by atoms with Crippen LogP contribution in [-0.4, -0.2) is 38.0 Å². The lowest BCUT2D eigenvalue weighted by Crippen LogP contribution is -2.05. The van der Waals surface area contributed by atoms with E-state index in [0.717, 1.165) is 12.8 Å². The molecule has 3 aromatic rings. The molecule has 0 bridgehead atoms. The predicted octanol–water partition coefficient (Wildman–Crippen LogP) is 4.47. The summed E-state index contributed by atoms with van der Waals surface area (Å²) < 4.78 is 22.6. The van der Waals surface area contributed by atoms with Crippen molar-refractivity contribution in [2.75, 3.05) is 26.4 Å². The normalized spacial score (nSPS) is 14.8. The fourth-order valence-electron chi connectivity index (χ4n) is 3.72. The Morgan fingerprint density at radius 3 is 1.22 bits per heavy atom. The molecule has 32 heavy (non-hydrogen) atoms. The Morgan fingerprint density at radius 1 is 0.469 bits per heavy atom. The molecule has 0 radical (unpaired) electrons. The van der Waals surface area contributed by atoms with Crippen LogP contribution in [0.5, 0.6) is 23.0 Å². The molecule has 0 fully saturated rings. The lowest BCUT2D eigenvalue weighted by atomic mass is 9.98. The topological polar surface area (TPSA) is 71.1 Å². The van der Waals surface area contributed by atoms with Crippen LogP contribution >= 0.6 is 0 Å². The zero-order valence-corrected chi connectivity index (χ0v) is 17.5. The molecule has 0 saturated carbocycles. The summed E-state index contributed by atoms with van der Waals surface area (Å²) in [7, 11) is 0. The van der Waals surface area contributed by atoms with Gasteiger partial charge < -0.3 is 18.9 Å². The van der Waals surface area contributed by atoms with Crippen LogP contribution in [0, 0.1) is 0 Å². The van der Waals surface area contributed by atoms with Crippen LogP contribution in [0.3, 0.4) is 0 Å². The maximum atomic E-state index is 13.0. The van der Waals surface area contributed by atoms with Crippen molar-refractivity contribution in [1.29, 1.82) is 0 Å². The number of hydrogen-bond acceptors (Lipinski definition) is 6. The predicted molar refractivity (Wildman–Crippen MR) is 117 cm³/mol. The van der Waals surface area contributed by atoms with Gasteiger partial charge in [0.15, 0.2) is 34.6 Å². The minimum absolute atomic E-state index is 0.143. The van der Waals surface area contributed by atoms with Gasteiger partial charge in [-0.25, -0.2) is 0 Å². The number of carbonyl (C=O) groups is 2. The molecule has 162 valence electrons. The summed E-state index contributed by atoms with van der Waals surface area (Å²) in [6, 6.07) is 17.1. The molecule has 5 rings (SSSR count). The van der Waals surface area contributed by atoms with Crippen molar-refractivity contribution in [1.82, 2.24) is 0 Å². The van der Waals surface area contributed by atoms with Gasteiger partial charge in [0.2, 0.25) is 0 Å². The van der Waals surface area contributed by atoms with E-state index in [1.807, 2.05) is 0 Å². The second kappa shape index (κ2) is 8.75. The van der Waals surface area contributed by atoms with Gasteiger partial charge in [-0.05, 0) is 36.4 Å². The van der Waals surface area contributed by atoms with E-state index in [2.05, 4.69) is 0 Å². The highest BCUT2D eigenvalue weighted by atomic mass is 16.5. The monoisotopic (exact) mass is 430 g/mol. The summed E-state index contributed by atoms with van der Waals surface area (Å²) in [5.41, 5.74) is 2.01. The smallest absolute Gasteiger partial charge is 0.193 e. The van der Waals surface area contributed by atoms with Crippen molar-refractivity contribution in [3.05, 3.63) is 82.9 Å². The van der Waals surface area contributed by atoms with Gasteiger partial charge in [0.1, 0.15) is 0 Å². The van der Waals surface area contributed by atoms with Gasteiger partial charge in [-0.3, -0.25) is 9.59 Å². The van der Waals surface area contributed by atoms with E-state index in [4.69, 9.17) is 18.9 Å². The van der Waals surface area contributed by atoms with Gasteiger partial charge in [0.05, 0.1) is 26.4 Å². The Bertz CT molecular complexity index is 1070. The van der Waals surface area contributed by atoms with Crippen molar-refractivity contribution >= 4 is 11.6 Å². The molecule has 0 atom stereocenters. The molecule has 2 aliphatic heterocycles. The van der Waals surface area contributed by atoms with Crippen molar-refractivity contribution in [2.45, 2.75) is 12.8 Å². The highest BCUT2D eigenvalue weighted by molar-refractivity contribution is 6.12. The maximum absolute atomic E-state index is 13.0. The zero-order valence-electron chi connectivity index (χ0n) is 17.5. The molecule has 0 saturated heterocycles. The van der Waals surface area contributed by atoms with Crippen LogP contribution in [0.25, 0.3) is 0 Å². The van der Waals surface area contributed by atoms with Crippen LogP contribution in [0.4, 0.5) is 0 Å². The van der Waals surface area contributed by atoms with E-state index in [9.17, 15) is 9.59 Å². The Morgan fingerprint density at radius 2 is 0.812 bits per heavy atom. The van der Waals surface area contributed by atoms with E-state index >= 15 is 0 Å². The highest BCUT2D eigenvalue weighted by Gasteiger charge is 2.18. The maximum Gasteiger partial charge on any atom is 0.193 e. The number of ether oxygens (including phenoxy) is 4. The highest BCUT2D eigenvalue weighted by Crippen LogP contribution is 2.32. The summed E-state index contributed by atoms with van der Waals surface area (Å²) >= 11 is 0. The molecule has 3 aromatic carbocycles. The Hall–Kier alpha value is -3.80. The first-order chi connectivity index (χ1) is 15.7. The number of carbonyl (C=O) groups excluding carboxylic acids is 2. The minimum Gasteiger partial charge on any atom is -0.490 e. The second-order valence-corrected chi connectivity index (χ2v) is 7.66. The Labute approximate surface area is 185 Å². The first-order valence-corrected chi connectivity index (χ1v) is 10.7. The van der Waals surface area contributed by atoms with Crippen molar-refractivity contribution < 1.29 is 28.5 Å². The summed E-state index contributed by atoms with van der Waals surface area (Å²) in [6.07, 6.45) is 1.60. The molecule has 0 amide bonds. The third-order valence-corrected chi connectivity index (χ3v) is 5.43. The third-order valence-electron chi connectivity index (χ3n) is 5.43. The fourth-order valence-corrected chi connectivity index (χ4v) is 3.72. The number of benzene rings is 3. The lowest BCUT2D eigenvalue weighted by molar-refractivity contribution is 0.102. The van der Waals surface area contributed by atoms with Gasteiger partial charge in [-0.1, -0.05) is 24.3 Å². The van der Waals surface area contributed by atoms with Crippen molar-refractivity contribution in [2.24, 2.45) is 0 Å². The van der Waals surface area contributed by atoms with E-state index in [0.29, 0.717) is 71.7 Å². The van der Waals surface area contributed by atoms with E-state index < -0.39 is 0 Å².